The van der Waals surface area contributed by atoms with Gasteiger partial charge in [0, 0.05) is 23.6 Å². The number of rotatable bonds is 6. The second kappa shape index (κ2) is 8.21. The van der Waals surface area contributed by atoms with Crippen LogP contribution in [-0.2, 0) is 13.8 Å². The highest BCUT2D eigenvalue weighted by Crippen LogP contribution is 2.45. The van der Waals surface area contributed by atoms with Gasteiger partial charge in [-0.05, 0) is 32.8 Å². The number of H-pyrrole nitrogens is 1. The molecular weight excluding hydrogens is 433 g/mol. The maximum atomic E-state index is 12.5. The smallest absolute Gasteiger partial charge is 0.388 e. The van der Waals surface area contributed by atoms with Crippen LogP contribution in [0.15, 0.2) is 15.8 Å². The monoisotopic (exact) mass is 459 g/mol. The van der Waals surface area contributed by atoms with E-state index in [2.05, 4.69) is 9.97 Å². The van der Waals surface area contributed by atoms with Gasteiger partial charge in [0.25, 0.3) is 5.56 Å². The molecule has 1 aliphatic heterocycles. The lowest BCUT2D eigenvalue weighted by Crippen LogP contribution is -2.38. The number of aromatic nitrogens is 3. The molecule has 0 amide bonds. The Labute approximate surface area is 176 Å². The van der Waals surface area contributed by atoms with Crippen LogP contribution in [0, 0.1) is 13.8 Å². The van der Waals surface area contributed by atoms with E-state index in [1.54, 1.807) is 20.8 Å². The molecule has 5 N–H and O–H groups in total. The predicted molar refractivity (Wildman–Crippen MR) is 108 cm³/mol. The Hall–Kier alpha value is -1.92. The highest BCUT2D eigenvalue weighted by molar-refractivity contribution is 7.46. The summed E-state index contributed by atoms with van der Waals surface area (Å²) in [5, 5.41) is 21.5. The van der Waals surface area contributed by atoms with E-state index in [0.717, 1.165) is 4.57 Å². The molecule has 1 aliphatic rings. The largest absolute Gasteiger partial charge is 0.470 e. The average Bonchev–Trinajstić information content (AvgIpc) is 2.92. The SMILES string of the molecule is CCC(C)(C[C@H]1O[C@@H](n2cc3c(C)c(C)c(=O)[nH]c3nc2=O)[C@@H](O)C1O)OP(=O)(O)O. The summed E-state index contributed by atoms with van der Waals surface area (Å²) in [5.41, 5.74) is -1.40. The lowest BCUT2D eigenvalue weighted by molar-refractivity contribution is -0.0707. The van der Waals surface area contributed by atoms with Gasteiger partial charge in [0.1, 0.15) is 17.9 Å². The van der Waals surface area contributed by atoms with Crippen molar-refractivity contribution in [3.8, 4) is 0 Å². The molecule has 0 aromatic carbocycles. The van der Waals surface area contributed by atoms with Gasteiger partial charge < -0.3 is 29.7 Å². The topological polar surface area (TPSA) is 184 Å². The maximum absolute atomic E-state index is 12.5. The van der Waals surface area contributed by atoms with E-state index in [-0.39, 0.29) is 24.0 Å². The van der Waals surface area contributed by atoms with Crippen molar-refractivity contribution in [3.63, 3.8) is 0 Å². The number of fused-ring (bicyclic) bond motifs is 1. The zero-order chi connectivity index (χ0) is 23.3. The molecule has 0 saturated carbocycles. The van der Waals surface area contributed by atoms with Crippen LogP contribution >= 0.6 is 7.82 Å². The fourth-order valence-corrected chi connectivity index (χ4v) is 4.46. The first-order valence-electron chi connectivity index (χ1n) is 9.66. The van der Waals surface area contributed by atoms with Gasteiger partial charge in [-0.15, -0.1) is 0 Å². The number of hydrogen-bond acceptors (Lipinski definition) is 8. The summed E-state index contributed by atoms with van der Waals surface area (Å²) in [5.74, 6) is 0. The van der Waals surface area contributed by atoms with Crippen molar-refractivity contribution in [2.75, 3.05) is 0 Å². The molecule has 5 atom stereocenters. The van der Waals surface area contributed by atoms with Crippen molar-refractivity contribution >= 4 is 18.9 Å². The van der Waals surface area contributed by atoms with Gasteiger partial charge in [-0.3, -0.25) is 13.9 Å². The molecule has 2 unspecified atom stereocenters. The fraction of sp³-hybridized carbons (Fsp3) is 0.611. The summed E-state index contributed by atoms with van der Waals surface area (Å²) in [6, 6.07) is 0. The summed E-state index contributed by atoms with van der Waals surface area (Å²) in [7, 11) is -4.81. The average molecular weight is 459 g/mol. The number of aryl methyl sites for hydroxylation is 1. The van der Waals surface area contributed by atoms with Crippen LogP contribution < -0.4 is 11.2 Å². The van der Waals surface area contributed by atoms with Crippen LogP contribution in [-0.4, -0.2) is 58.4 Å². The van der Waals surface area contributed by atoms with Crippen molar-refractivity contribution in [1.29, 1.82) is 0 Å². The zero-order valence-electron chi connectivity index (χ0n) is 17.5. The number of pyridine rings is 1. The van der Waals surface area contributed by atoms with E-state index >= 15 is 0 Å². The first-order valence-corrected chi connectivity index (χ1v) is 11.2. The van der Waals surface area contributed by atoms with Crippen LogP contribution in [0.3, 0.4) is 0 Å². The summed E-state index contributed by atoms with van der Waals surface area (Å²) < 4.78 is 22.9. The van der Waals surface area contributed by atoms with Crippen molar-refractivity contribution in [1.82, 2.24) is 14.5 Å². The predicted octanol–water partition coefficient (Wildman–Crippen LogP) is -0.0111. The number of nitrogens with zero attached hydrogens (tertiary/aromatic N) is 2. The number of nitrogens with one attached hydrogen (secondary N) is 1. The number of aliphatic hydroxyl groups excluding tert-OH is 2. The molecule has 1 fully saturated rings. The van der Waals surface area contributed by atoms with Crippen LogP contribution in [0.1, 0.15) is 44.0 Å². The molecule has 1 saturated heterocycles. The number of phosphoric ester groups is 1. The quantitative estimate of drug-likeness (QED) is 0.368. The van der Waals surface area contributed by atoms with Crippen LogP contribution in [0.25, 0.3) is 11.0 Å². The summed E-state index contributed by atoms with van der Waals surface area (Å²) in [4.78, 5) is 49.2. The van der Waals surface area contributed by atoms with Gasteiger partial charge in [0.05, 0.1) is 11.7 Å². The van der Waals surface area contributed by atoms with E-state index in [1.807, 2.05) is 0 Å². The van der Waals surface area contributed by atoms with Crippen molar-refractivity contribution in [3.05, 3.63) is 38.2 Å². The molecule has 13 heteroatoms. The van der Waals surface area contributed by atoms with Gasteiger partial charge in [-0.1, -0.05) is 6.92 Å². The molecule has 0 radical (unpaired) electrons. The molecule has 3 rings (SSSR count). The lowest BCUT2D eigenvalue weighted by Gasteiger charge is -2.31. The Balaban J connectivity index is 1.97. The Morgan fingerprint density at radius 3 is 2.48 bits per heavy atom. The van der Waals surface area contributed by atoms with Crippen LogP contribution in [0.5, 0.6) is 0 Å². The van der Waals surface area contributed by atoms with E-state index in [0.29, 0.717) is 16.5 Å². The van der Waals surface area contributed by atoms with Gasteiger partial charge in [-0.25, -0.2) is 9.36 Å². The molecule has 31 heavy (non-hydrogen) atoms. The summed E-state index contributed by atoms with van der Waals surface area (Å²) in [6.07, 6.45) is -3.90. The number of ether oxygens (including phenoxy) is 1. The number of aromatic amines is 1. The van der Waals surface area contributed by atoms with E-state index in [9.17, 15) is 24.4 Å². The van der Waals surface area contributed by atoms with E-state index in [4.69, 9.17) is 19.0 Å². The normalized spacial score (nSPS) is 26.3. The number of hydrogen-bond donors (Lipinski definition) is 5. The van der Waals surface area contributed by atoms with Crippen molar-refractivity contribution in [2.45, 2.75) is 70.7 Å². The first-order chi connectivity index (χ1) is 14.3. The van der Waals surface area contributed by atoms with Gasteiger partial charge in [-0.2, -0.15) is 4.98 Å². The van der Waals surface area contributed by atoms with Crippen LogP contribution in [0.2, 0.25) is 0 Å². The number of aliphatic hydroxyl groups is 2. The standard InChI is InChI=1S/C18H26N3O9P/c1-5-18(4,30-31(26,27)28)6-11-12(22)13(23)16(29-11)21-7-10-8(2)9(3)15(24)19-14(10)20-17(21)25/h7,11-13,16,22-23H,5-6H2,1-4H3,(H2,26,27,28)(H,19,20,24,25)/t11-,12?,13+,16-,18?/m1/s1. The summed E-state index contributed by atoms with van der Waals surface area (Å²) in [6.45, 7) is 6.41. The molecule has 3 heterocycles. The van der Waals surface area contributed by atoms with E-state index in [1.165, 1.54) is 13.1 Å². The molecule has 172 valence electrons. The second-order valence-corrected chi connectivity index (χ2v) is 9.20. The summed E-state index contributed by atoms with van der Waals surface area (Å²) >= 11 is 0. The molecule has 0 aliphatic carbocycles. The Morgan fingerprint density at radius 2 is 1.90 bits per heavy atom. The number of phosphoric acid groups is 1. The van der Waals surface area contributed by atoms with E-state index < -0.39 is 43.7 Å². The highest BCUT2D eigenvalue weighted by atomic mass is 31.2. The highest BCUT2D eigenvalue weighted by Gasteiger charge is 2.47. The third-order valence-corrected chi connectivity index (χ3v) is 6.50. The Kier molecular flexibility index (Phi) is 6.29. The molecule has 0 bridgehead atoms. The Bertz CT molecular complexity index is 1160. The Morgan fingerprint density at radius 1 is 1.26 bits per heavy atom. The first kappa shape index (κ1) is 23.7. The molecule has 2 aromatic rings. The minimum Gasteiger partial charge on any atom is -0.388 e. The third kappa shape index (κ3) is 4.65. The van der Waals surface area contributed by atoms with Crippen LogP contribution in [0.4, 0.5) is 0 Å². The van der Waals surface area contributed by atoms with Gasteiger partial charge >= 0.3 is 13.5 Å². The van der Waals surface area contributed by atoms with Crippen molar-refractivity contribution < 1.29 is 33.8 Å². The maximum Gasteiger partial charge on any atom is 0.470 e. The zero-order valence-corrected chi connectivity index (χ0v) is 18.4. The molecule has 12 nitrogen and oxygen atoms in total. The third-order valence-electron chi connectivity index (χ3n) is 5.82. The molecule has 0 spiro atoms. The van der Waals surface area contributed by atoms with Gasteiger partial charge in [0.2, 0.25) is 0 Å². The lowest BCUT2D eigenvalue weighted by atomic mass is 9.93. The molecule has 2 aromatic heterocycles. The molecular formula is C18H26N3O9P. The van der Waals surface area contributed by atoms with Gasteiger partial charge in [0.15, 0.2) is 6.23 Å². The minimum absolute atomic E-state index is 0.0903. The second-order valence-electron chi connectivity index (χ2n) is 8.03. The minimum atomic E-state index is -4.81. The van der Waals surface area contributed by atoms with Crippen molar-refractivity contribution in [2.24, 2.45) is 0 Å². The fourth-order valence-electron chi connectivity index (χ4n) is 3.68.